The minimum absolute atomic E-state index is 0.0200. The number of likely N-dealkylation sites (tertiary alicyclic amines) is 1. The minimum Gasteiger partial charge on any atom is -0.419 e. The van der Waals surface area contributed by atoms with Crippen molar-refractivity contribution in [3.63, 3.8) is 0 Å². The maximum Gasteiger partial charge on any atom is 0.317 e. The Morgan fingerprint density at radius 2 is 1.73 bits per heavy atom. The summed E-state index contributed by atoms with van der Waals surface area (Å²) in [5.74, 6) is -2.12. The second-order valence-corrected chi connectivity index (χ2v) is 16.5. The quantitative estimate of drug-likeness (QED) is 0.0850. The molecule has 2 rings (SSSR count). The normalized spacial score (nSPS) is 18.0. The molecule has 230 valence electrons. The van der Waals surface area contributed by atoms with Gasteiger partial charge in [0.2, 0.25) is 17.6 Å². The van der Waals surface area contributed by atoms with E-state index in [1.165, 1.54) is 30.5 Å². The van der Waals surface area contributed by atoms with E-state index in [0.717, 1.165) is 18.6 Å². The Bertz CT molecular complexity index is 1340. The van der Waals surface area contributed by atoms with Crippen LogP contribution >= 0.6 is 11.8 Å². The molecule has 0 bridgehead atoms. The summed E-state index contributed by atoms with van der Waals surface area (Å²) in [4.78, 5) is 50.8. The van der Waals surface area contributed by atoms with Gasteiger partial charge in [-0.25, -0.2) is 0 Å². The van der Waals surface area contributed by atoms with E-state index in [2.05, 4.69) is 13.8 Å². The number of amides is 2. The molecule has 1 heterocycles. The van der Waals surface area contributed by atoms with E-state index in [-0.39, 0.29) is 40.9 Å². The average Bonchev–Trinajstić information content (AvgIpc) is 3.03. The zero-order chi connectivity index (χ0) is 31.9. The zero-order valence-electron chi connectivity index (χ0n) is 25.0. The van der Waals surface area contributed by atoms with Crippen LogP contribution in [-0.2, 0) is 24.5 Å². The molecule has 12 nitrogen and oxygen atoms in total. The Morgan fingerprint density at radius 1 is 1.17 bits per heavy atom. The van der Waals surface area contributed by atoms with Gasteiger partial charge in [-0.2, -0.15) is 8.42 Å². The molecule has 3 N–H and O–H groups in total. The number of nitro groups is 1. The number of imide groups is 1. The summed E-state index contributed by atoms with van der Waals surface area (Å²) in [6.07, 6.45) is 0.720. The lowest BCUT2D eigenvalue weighted by Crippen LogP contribution is -2.52. The predicted octanol–water partition coefficient (Wildman–Crippen LogP) is 4.34. The van der Waals surface area contributed by atoms with Gasteiger partial charge >= 0.3 is 11.7 Å². The van der Waals surface area contributed by atoms with Crippen molar-refractivity contribution in [3.05, 3.63) is 28.3 Å². The summed E-state index contributed by atoms with van der Waals surface area (Å²) in [7, 11) is -4.73. The SMILES string of the molecule is CC(N)C(C)(C)CC(C)(C)SC1CC(=O)N(C(C)(C)CC(C)(C)C(=O)Oc2ccc(S(=O)(=O)O)cc2[N+](=O)[O-])C1=O. The Kier molecular flexibility index (Phi) is 9.82. The van der Waals surface area contributed by atoms with Gasteiger partial charge in [0, 0.05) is 28.8 Å². The van der Waals surface area contributed by atoms with E-state index in [1.807, 2.05) is 20.8 Å². The molecule has 0 saturated carbocycles. The number of benzene rings is 1. The first-order chi connectivity index (χ1) is 18.3. The third-order valence-electron chi connectivity index (χ3n) is 7.34. The smallest absolute Gasteiger partial charge is 0.317 e. The van der Waals surface area contributed by atoms with Crippen LogP contribution in [0, 0.1) is 20.9 Å². The van der Waals surface area contributed by atoms with Crippen molar-refractivity contribution in [2.45, 2.75) is 108 Å². The van der Waals surface area contributed by atoms with Gasteiger partial charge in [0.05, 0.1) is 15.6 Å². The second kappa shape index (κ2) is 11.6. The molecule has 1 aromatic rings. The molecule has 0 spiro atoms. The Balaban J connectivity index is 2.24. The van der Waals surface area contributed by atoms with Gasteiger partial charge in [-0.15, -0.1) is 11.8 Å². The molecule has 1 aromatic carbocycles. The molecular formula is C27H41N3O9S2. The number of hydrogen-bond acceptors (Lipinski definition) is 10. The van der Waals surface area contributed by atoms with Gasteiger partial charge < -0.3 is 10.5 Å². The monoisotopic (exact) mass is 615 g/mol. The number of thioether (sulfide) groups is 1. The fraction of sp³-hybridized carbons (Fsp3) is 0.667. The molecule has 2 unspecified atom stereocenters. The highest BCUT2D eigenvalue weighted by atomic mass is 32.2. The van der Waals surface area contributed by atoms with Gasteiger partial charge in [0.25, 0.3) is 10.1 Å². The van der Waals surface area contributed by atoms with E-state index in [9.17, 15) is 37.5 Å². The third-order valence-corrected chi connectivity index (χ3v) is 9.63. The van der Waals surface area contributed by atoms with E-state index in [4.69, 9.17) is 10.5 Å². The first-order valence-corrected chi connectivity index (χ1v) is 15.4. The van der Waals surface area contributed by atoms with Crippen LogP contribution in [0.1, 0.15) is 81.6 Å². The second-order valence-electron chi connectivity index (χ2n) is 13.2. The number of nitrogens with zero attached hydrogens (tertiary/aromatic N) is 2. The minimum atomic E-state index is -4.73. The van der Waals surface area contributed by atoms with E-state index in [0.29, 0.717) is 6.07 Å². The van der Waals surface area contributed by atoms with Crippen molar-refractivity contribution in [2.24, 2.45) is 16.6 Å². The van der Waals surface area contributed by atoms with Crippen molar-refractivity contribution in [2.75, 3.05) is 0 Å². The van der Waals surface area contributed by atoms with Gasteiger partial charge in [-0.1, -0.05) is 27.7 Å². The van der Waals surface area contributed by atoms with E-state index in [1.54, 1.807) is 13.8 Å². The Labute approximate surface area is 245 Å². The fourth-order valence-electron chi connectivity index (χ4n) is 5.37. The maximum absolute atomic E-state index is 13.5. The Morgan fingerprint density at radius 3 is 2.22 bits per heavy atom. The Hall–Kier alpha value is -2.55. The van der Waals surface area contributed by atoms with Crippen LogP contribution < -0.4 is 10.5 Å². The van der Waals surface area contributed by atoms with Crippen LogP contribution in [0.15, 0.2) is 23.1 Å². The number of nitrogens with two attached hydrogens (primary N) is 1. The fourth-order valence-corrected chi connectivity index (χ4v) is 7.53. The summed E-state index contributed by atoms with van der Waals surface area (Å²) in [5.41, 5.74) is 2.69. The highest BCUT2D eigenvalue weighted by Gasteiger charge is 2.51. The molecule has 2 amide bonds. The predicted molar refractivity (Wildman–Crippen MR) is 155 cm³/mol. The highest BCUT2D eigenvalue weighted by Crippen LogP contribution is 2.45. The first kappa shape index (κ1) is 34.7. The molecule has 1 saturated heterocycles. The summed E-state index contributed by atoms with van der Waals surface area (Å²) in [5, 5.41) is 10.9. The molecule has 0 aliphatic carbocycles. The summed E-state index contributed by atoms with van der Waals surface area (Å²) < 4.78 is 36.9. The zero-order valence-corrected chi connectivity index (χ0v) is 26.6. The standard InChI is InChI=1S/C27H41N3O9S2/c1-16(28)24(2,3)15-27(8,9)40-20-13-21(31)29(22(20)32)26(6,7)14-25(4,5)23(33)39-19-11-10-17(41(36,37)38)12-18(19)30(34)35/h10-12,16,20H,13-15,28H2,1-9H3,(H,36,37,38). The van der Waals surface area contributed by atoms with Crippen molar-refractivity contribution in [1.29, 1.82) is 0 Å². The van der Waals surface area contributed by atoms with Gasteiger partial charge in [-0.05, 0) is 65.0 Å². The van der Waals surface area contributed by atoms with Crippen LogP contribution in [0.4, 0.5) is 5.69 Å². The molecular weight excluding hydrogens is 574 g/mol. The first-order valence-electron chi connectivity index (χ1n) is 13.1. The average molecular weight is 616 g/mol. The molecule has 41 heavy (non-hydrogen) atoms. The van der Waals surface area contributed by atoms with Gasteiger partial charge in [0.15, 0.2) is 0 Å². The largest absolute Gasteiger partial charge is 0.419 e. The van der Waals surface area contributed by atoms with E-state index >= 15 is 0 Å². The topological polar surface area (TPSA) is 187 Å². The number of carbonyl (C=O) groups excluding carboxylic acids is 3. The molecule has 0 aromatic heterocycles. The van der Waals surface area contributed by atoms with Crippen LogP contribution in [0.25, 0.3) is 0 Å². The number of rotatable bonds is 12. The lowest BCUT2D eigenvalue weighted by Gasteiger charge is -2.40. The van der Waals surface area contributed by atoms with Crippen LogP contribution in [-0.4, -0.2) is 62.2 Å². The van der Waals surface area contributed by atoms with Crippen molar-refractivity contribution in [3.8, 4) is 5.75 Å². The molecule has 14 heteroatoms. The van der Waals surface area contributed by atoms with Gasteiger partial charge in [-0.3, -0.25) is 34.0 Å². The highest BCUT2D eigenvalue weighted by molar-refractivity contribution is 8.02. The number of esters is 1. The number of nitro benzene ring substituents is 1. The lowest BCUT2D eigenvalue weighted by atomic mass is 9.78. The molecule has 1 fully saturated rings. The molecule has 1 aliphatic rings. The number of carbonyl (C=O) groups is 3. The van der Waals surface area contributed by atoms with Gasteiger partial charge in [0.1, 0.15) is 4.90 Å². The van der Waals surface area contributed by atoms with Crippen molar-refractivity contribution >= 4 is 45.4 Å². The molecule has 1 aliphatic heterocycles. The molecule has 0 radical (unpaired) electrons. The van der Waals surface area contributed by atoms with Crippen LogP contribution in [0.5, 0.6) is 5.75 Å². The van der Waals surface area contributed by atoms with Crippen molar-refractivity contribution < 1.29 is 37.0 Å². The number of hydrogen-bond donors (Lipinski definition) is 2. The lowest BCUT2D eigenvalue weighted by molar-refractivity contribution is -0.385. The summed E-state index contributed by atoms with van der Waals surface area (Å²) in [6.45, 7) is 16.5. The van der Waals surface area contributed by atoms with E-state index < -0.39 is 53.5 Å². The maximum atomic E-state index is 13.5. The summed E-state index contributed by atoms with van der Waals surface area (Å²) >= 11 is 1.43. The van der Waals surface area contributed by atoms with Crippen LogP contribution in [0.3, 0.4) is 0 Å². The van der Waals surface area contributed by atoms with Crippen LogP contribution in [0.2, 0.25) is 0 Å². The number of ether oxygens (including phenoxy) is 1. The summed E-state index contributed by atoms with van der Waals surface area (Å²) in [6, 6.07) is 2.30. The van der Waals surface area contributed by atoms with Crippen molar-refractivity contribution in [1.82, 2.24) is 4.90 Å². The molecule has 2 atom stereocenters. The third kappa shape index (κ3) is 8.27.